The van der Waals surface area contributed by atoms with Crippen LogP contribution in [0.5, 0.6) is 0 Å². The van der Waals surface area contributed by atoms with Crippen molar-refractivity contribution in [3.05, 3.63) is 68.7 Å². The number of nitrogens with zero attached hydrogens (tertiary/aromatic N) is 1. The Balaban J connectivity index is 2.02. The van der Waals surface area contributed by atoms with Crippen LogP contribution >= 0.6 is 11.6 Å². The second kappa shape index (κ2) is 11.0. The largest absolute Gasteiger partial charge is 0.452 e. The zero-order chi connectivity index (χ0) is 21.2. The van der Waals surface area contributed by atoms with Gasteiger partial charge in [0.25, 0.3) is 11.6 Å². The van der Waals surface area contributed by atoms with Gasteiger partial charge in [-0.1, -0.05) is 43.1 Å². The number of carbonyl (C=O) groups excluding carboxylic acids is 2. The molecule has 2 aromatic carbocycles. The molecule has 29 heavy (non-hydrogen) atoms. The molecular weight excluding hydrogens is 398 g/mol. The minimum absolute atomic E-state index is 0.0126. The standard InChI is InChI=1S/C20H22ClN3O5/c1-2-3-10-22-19(25)13-29-20(26)14-8-9-17(18(11-14)24(27)28)23-12-15-6-4-5-7-16(15)21/h4-9,11,23H,2-3,10,12-13H2,1H3,(H,22,25). The van der Waals surface area contributed by atoms with Crippen LogP contribution in [0.15, 0.2) is 42.5 Å². The van der Waals surface area contributed by atoms with Crippen molar-refractivity contribution in [2.75, 3.05) is 18.5 Å². The number of nitro groups is 1. The predicted octanol–water partition coefficient (Wildman–Crippen LogP) is 3.93. The maximum Gasteiger partial charge on any atom is 0.338 e. The number of halogens is 1. The molecule has 9 heteroatoms. The van der Waals surface area contributed by atoms with Crippen LogP contribution in [0, 0.1) is 10.1 Å². The van der Waals surface area contributed by atoms with E-state index >= 15 is 0 Å². The Morgan fingerprint density at radius 2 is 1.97 bits per heavy atom. The molecular formula is C20H22ClN3O5. The Morgan fingerprint density at radius 1 is 1.21 bits per heavy atom. The van der Waals surface area contributed by atoms with E-state index in [-0.39, 0.29) is 23.5 Å². The highest BCUT2D eigenvalue weighted by molar-refractivity contribution is 6.31. The van der Waals surface area contributed by atoms with Crippen molar-refractivity contribution < 1.29 is 19.2 Å². The van der Waals surface area contributed by atoms with Crippen molar-refractivity contribution in [3.8, 4) is 0 Å². The van der Waals surface area contributed by atoms with Crippen LogP contribution in [0.4, 0.5) is 11.4 Å². The Bertz CT molecular complexity index is 888. The lowest BCUT2D eigenvalue weighted by Gasteiger charge is -2.10. The Morgan fingerprint density at radius 3 is 2.66 bits per heavy atom. The number of benzene rings is 2. The molecule has 2 aromatic rings. The highest BCUT2D eigenvalue weighted by Crippen LogP contribution is 2.27. The van der Waals surface area contributed by atoms with E-state index in [1.807, 2.05) is 13.0 Å². The first-order valence-electron chi connectivity index (χ1n) is 9.12. The van der Waals surface area contributed by atoms with Gasteiger partial charge in [-0.25, -0.2) is 4.79 Å². The smallest absolute Gasteiger partial charge is 0.338 e. The molecule has 0 heterocycles. The fourth-order valence-electron chi connectivity index (χ4n) is 2.46. The van der Waals surface area contributed by atoms with Gasteiger partial charge >= 0.3 is 5.97 Å². The maximum atomic E-state index is 12.1. The van der Waals surface area contributed by atoms with Crippen LogP contribution in [0.3, 0.4) is 0 Å². The number of rotatable bonds is 10. The number of hydrogen-bond donors (Lipinski definition) is 2. The van der Waals surface area contributed by atoms with E-state index in [0.717, 1.165) is 24.5 Å². The normalized spacial score (nSPS) is 10.3. The van der Waals surface area contributed by atoms with Crippen LogP contribution in [0.25, 0.3) is 0 Å². The lowest BCUT2D eigenvalue weighted by Crippen LogP contribution is -2.29. The summed E-state index contributed by atoms with van der Waals surface area (Å²) in [5.41, 5.74) is 0.727. The van der Waals surface area contributed by atoms with Crippen molar-refractivity contribution in [2.45, 2.75) is 26.3 Å². The van der Waals surface area contributed by atoms with Gasteiger partial charge in [-0.2, -0.15) is 0 Å². The fourth-order valence-corrected chi connectivity index (χ4v) is 2.66. The van der Waals surface area contributed by atoms with Gasteiger partial charge in [0, 0.05) is 24.2 Å². The second-order valence-corrected chi connectivity index (χ2v) is 6.62. The van der Waals surface area contributed by atoms with Crippen molar-refractivity contribution in [2.24, 2.45) is 0 Å². The molecule has 0 saturated heterocycles. The molecule has 2 N–H and O–H groups in total. The predicted molar refractivity (Wildman–Crippen MR) is 110 cm³/mol. The first-order chi connectivity index (χ1) is 13.9. The van der Waals surface area contributed by atoms with E-state index in [0.29, 0.717) is 11.6 Å². The summed E-state index contributed by atoms with van der Waals surface area (Å²) >= 11 is 6.09. The lowest BCUT2D eigenvalue weighted by molar-refractivity contribution is -0.384. The topological polar surface area (TPSA) is 111 Å². The molecule has 0 bridgehead atoms. The van der Waals surface area contributed by atoms with Crippen molar-refractivity contribution >= 4 is 34.9 Å². The SMILES string of the molecule is CCCCNC(=O)COC(=O)c1ccc(NCc2ccccc2Cl)c([N+](=O)[O-])c1. The van der Waals surface area contributed by atoms with Crippen LogP contribution in [-0.2, 0) is 16.1 Å². The number of unbranched alkanes of at least 4 members (excludes halogenated alkanes) is 1. The third-order valence-electron chi connectivity index (χ3n) is 4.04. The average Bonchev–Trinajstić information content (AvgIpc) is 2.71. The molecule has 0 unspecified atom stereocenters. The zero-order valence-corrected chi connectivity index (χ0v) is 16.7. The third kappa shape index (κ3) is 6.76. The summed E-state index contributed by atoms with van der Waals surface area (Å²) < 4.78 is 4.93. The van der Waals surface area contributed by atoms with Crippen LogP contribution in [0.1, 0.15) is 35.7 Å². The zero-order valence-electron chi connectivity index (χ0n) is 15.9. The van der Waals surface area contributed by atoms with Gasteiger partial charge in [-0.3, -0.25) is 14.9 Å². The summed E-state index contributed by atoms with van der Waals surface area (Å²) in [5.74, 6) is -1.23. The molecule has 1 amide bonds. The first kappa shape index (κ1) is 22.2. The summed E-state index contributed by atoms with van der Waals surface area (Å²) in [6.45, 7) is 2.33. The first-order valence-corrected chi connectivity index (χ1v) is 9.49. The second-order valence-electron chi connectivity index (χ2n) is 6.21. The molecule has 0 aromatic heterocycles. The van der Waals surface area contributed by atoms with Crippen molar-refractivity contribution in [3.63, 3.8) is 0 Å². The molecule has 0 saturated carbocycles. The number of nitro benzene ring substituents is 1. The highest BCUT2D eigenvalue weighted by Gasteiger charge is 2.19. The molecule has 0 aliphatic heterocycles. The monoisotopic (exact) mass is 419 g/mol. The number of esters is 1. The number of carbonyl (C=O) groups is 2. The maximum absolute atomic E-state index is 12.1. The van der Waals surface area contributed by atoms with E-state index in [1.165, 1.54) is 12.1 Å². The summed E-state index contributed by atoms with van der Waals surface area (Å²) in [4.78, 5) is 34.6. The quantitative estimate of drug-likeness (QED) is 0.261. The van der Waals surface area contributed by atoms with E-state index < -0.39 is 23.4 Å². The highest BCUT2D eigenvalue weighted by atomic mass is 35.5. The van der Waals surface area contributed by atoms with E-state index in [2.05, 4.69) is 10.6 Å². The number of hydrogen-bond acceptors (Lipinski definition) is 6. The summed E-state index contributed by atoms with van der Waals surface area (Å²) in [7, 11) is 0. The summed E-state index contributed by atoms with van der Waals surface area (Å²) in [5, 5.41) is 17.5. The summed E-state index contributed by atoms with van der Waals surface area (Å²) in [6, 6.07) is 11.1. The Kier molecular flexibility index (Phi) is 8.42. The molecule has 0 aliphatic rings. The number of amides is 1. The van der Waals surface area contributed by atoms with Crippen molar-refractivity contribution in [1.82, 2.24) is 5.32 Å². The van der Waals surface area contributed by atoms with Gasteiger partial charge in [0.2, 0.25) is 0 Å². The van der Waals surface area contributed by atoms with E-state index in [9.17, 15) is 19.7 Å². The molecule has 0 spiro atoms. The molecule has 154 valence electrons. The number of ether oxygens (including phenoxy) is 1. The minimum atomic E-state index is -0.809. The Labute approximate surface area is 173 Å². The molecule has 0 aliphatic carbocycles. The van der Waals surface area contributed by atoms with Crippen molar-refractivity contribution in [1.29, 1.82) is 0 Å². The van der Waals surface area contributed by atoms with Gasteiger partial charge in [0.05, 0.1) is 10.5 Å². The fraction of sp³-hybridized carbons (Fsp3) is 0.300. The minimum Gasteiger partial charge on any atom is -0.452 e. The van der Waals surface area contributed by atoms with E-state index in [4.69, 9.17) is 16.3 Å². The van der Waals surface area contributed by atoms with E-state index in [1.54, 1.807) is 18.2 Å². The third-order valence-corrected chi connectivity index (χ3v) is 4.41. The van der Waals surface area contributed by atoms with Gasteiger partial charge in [-0.15, -0.1) is 0 Å². The van der Waals surface area contributed by atoms with Gasteiger partial charge in [-0.05, 0) is 30.2 Å². The van der Waals surface area contributed by atoms with Crippen LogP contribution in [-0.4, -0.2) is 30.0 Å². The van der Waals surface area contributed by atoms with Crippen LogP contribution in [0.2, 0.25) is 5.02 Å². The molecule has 8 nitrogen and oxygen atoms in total. The van der Waals surface area contributed by atoms with Gasteiger partial charge < -0.3 is 15.4 Å². The van der Waals surface area contributed by atoms with Gasteiger partial charge in [0.1, 0.15) is 5.69 Å². The number of anilines is 1. The molecule has 0 atom stereocenters. The number of nitrogens with one attached hydrogen (secondary N) is 2. The van der Waals surface area contributed by atoms with Crippen LogP contribution < -0.4 is 10.6 Å². The van der Waals surface area contributed by atoms with Gasteiger partial charge in [0.15, 0.2) is 6.61 Å². The summed E-state index contributed by atoms with van der Waals surface area (Å²) in [6.07, 6.45) is 1.76. The molecule has 0 radical (unpaired) electrons. The average molecular weight is 420 g/mol. The molecule has 0 fully saturated rings. The molecule has 2 rings (SSSR count). The lowest BCUT2D eigenvalue weighted by atomic mass is 10.1. The Hall–Kier alpha value is -3.13.